The first-order chi connectivity index (χ1) is 56.6. The number of ether oxygens (including phenoxy) is 16. The van der Waals surface area contributed by atoms with E-state index in [9.17, 15) is 132 Å². The zero-order valence-electron chi connectivity index (χ0n) is 62.1. The number of amides is 1. The van der Waals surface area contributed by atoms with Crippen LogP contribution < -0.4 is 10.9 Å². The monoisotopic (exact) mass is 1690 g/mol. The van der Waals surface area contributed by atoms with Crippen molar-refractivity contribution in [3.05, 3.63) is 99.9 Å². The van der Waals surface area contributed by atoms with E-state index in [1.807, 2.05) is 4.90 Å². The number of hydrogen-bond acceptors (Lipinski definition) is 46. The number of aromatic hydroxyl groups is 1. The Labute approximate surface area is 666 Å². The number of carbonyl (C=O) groups excluding carboxylic acids is 1. The van der Waals surface area contributed by atoms with Gasteiger partial charge in [-0.1, -0.05) is 12.1 Å². The van der Waals surface area contributed by atoms with Crippen molar-refractivity contribution >= 4 is 16.9 Å². The van der Waals surface area contributed by atoms with E-state index in [-0.39, 0.29) is 41.9 Å². The van der Waals surface area contributed by atoms with Crippen LogP contribution in [0.2, 0.25) is 0 Å². The van der Waals surface area contributed by atoms with Crippen LogP contribution in [0.25, 0.3) is 11.0 Å². The summed E-state index contributed by atoms with van der Waals surface area (Å²) in [5, 5.41) is 276. The maximum Gasteiger partial charge on any atom is 0.349 e. The number of benzene rings is 1. The molecule has 47 nitrogen and oxygen atoms in total. The Kier molecular flexibility index (Phi) is 29.9. The van der Waals surface area contributed by atoms with E-state index in [4.69, 9.17) is 80.2 Å². The number of pyridine rings is 2. The molecule has 47 heteroatoms. The molecule has 118 heavy (non-hydrogen) atoms. The Hall–Kier alpha value is -5.60. The minimum Gasteiger partial charge on any atom is -0.507 e. The lowest BCUT2D eigenvalue weighted by Crippen LogP contribution is -2.70. The number of rotatable bonds is 16. The fourth-order valence-electron chi connectivity index (χ4n) is 15.7. The number of aliphatic hydroxyl groups is 23. The summed E-state index contributed by atoms with van der Waals surface area (Å²) in [5.74, 6) is -1.74. The SMILES string of the molecule is O=C(NC1C(O)C2OC(CO)C1OC1OC(CO)C(OC3OC(CO)C(OC4OC(CO)C(OC5OC(CO)C(OC6OC(CO)C(OC7OC(CO)C(OC8OC(CO)C(O2)C(O)C8O)C(O)C7O)C(O)C6O)C(O)C5O)C(O)C4O)C(O)C3O)C(O)C1O)c1cc2ccc(O)c(CN(Cc3ccccn3)Cc3ccccn3)c2oc1=O. The second kappa shape index (κ2) is 39.1. The highest BCUT2D eigenvalue weighted by molar-refractivity contribution is 5.97. The molecule has 30 saturated heterocycles. The zero-order chi connectivity index (χ0) is 84.6. The number of fused-ring (bicyclic) bond motifs is 1. The summed E-state index contributed by atoms with van der Waals surface area (Å²) in [6.07, 6.45) is -80.5. The molecule has 1 amide bonds. The fraction of sp³-hybridized carbons (Fsp3) is 0.718. The van der Waals surface area contributed by atoms with Crippen molar-refractivity contribution in [3.63, 3.8) is 0 Å². The van der Waals surface area contributed by atoms with Gasteiger partial charge in [0, 0.05) is 37.4 Å². The molecule has 25 N–H and O–H groups in total. The minimum atomic E-state index is -2.44. The van der Waals surface area contributed by atoms with Crippen LogP contribution in [0.15, 0.2) is 76.2 Å². The van der Waals surface area contributed by atoms with Gasteiger partial charge < -0.3 is 208 Å². The van der Waals surface area contributed by atoms with Crippen molar-refractivity contribution in [2.45, 2.75) is 265 Å². The van der Waals surface area contributed by atoms with Gasteiger partial charge in [-0.2, -0.15) is 0 Å². The van der Waals surface area contributed by atoms with Crippen molar-refractivity contribution in [1.29, 1.82) is 0 Å². The molecule has 0 radical (unpaired) electrons. The smallest absolute Gasteiger partial charge is 0.349 e. The molecular formula is C71H98N4O43. The van der Waals surface area contributed by atoms with Gasteiger partial charge in [0.15, 0.2) is 50.3 Å². The van der Waals surface area contributed by atoms with Crippen molar-refractivity contribution < 1.29 is 208 Å². The van der Waals surface area contributed by atoms with E-state index < -0.39 is 316 Å². The molecule has 30 aliphatic heterocycles. The number of nitrogens with zero attached hydrogens (tertiary/aromatic N) is 3. The number of aliphatic hydroxyl groups excluding tert-OH is 23. The maximum atomic E-state index is 15.0. The quantitative estimate of drug-likeness (QED) is 0.0463. The predicted octanol–water partition coefficient (Wildman–Crippen LogP) is -14.2. The van der Waals surface area contributed by atoms with E-state index in [1.54, 1.807) is 48.8 Å². The van der Waals surface area contributed by atoms with Gasteiger partial charge >= 0.3 is 5.63 Å². The number of phenols is 1. The third-order valence-corrected chi connectivity index (χ3v) is 22.1. The molecule has 40 unspecified atom stereocenters. The van der Waals surface area contributed by atoms with Gasteiger partial charge in [0.25, 0.3) is 5.91 Å². The van der Waals surface area contributed by atoms with Crippen LogP contribution in [0.3, 0.4) is 0 Å². The molecule has 1 aromatic carbocycles. The first-order valence-corrected chi connectivity index (χ1v) is 37.7. The van der Waals surface area contributed by atoms with Crippen LogP contribution >= 0.6 is 0 Å². The van der Waals surface area contributed by atoms with E-state index in [0.29, 0.717) is 11.4 Å². The molecule has 0 aliphatic carbocycles. The Morgan fingerprint density at radius 2 is 0.610 bits per heavy atom. The summed E-state index contributed by atoms with van der Waals surface area (Å²) in [5.41, 5.74) is -1.06. The minimum absolute atomic E-state index is 0.0391. The standard InChI is InChI=1S/C71H98N4O43/c76-15-29-54-37(74-62(100)26-11-23-7-8-28(84)27(53(23)110-63(26)101)14-75(12-24-5-1-3-9-72-24)13-25-6-2-4-10-73-25)38(85)64(102-29)112-55-30(16-77)104-66(47(94)40(55)87)114-57-32(18-79)106-68(49(96)42(57)89)116-59-34(20-81)108-70(51(98)44(59)91)118-61-36(22-83)109-71(52(99)45(61)92)117-60-35(21-82)107-69(50(97)43(60)90)115-58-33(19-80)105-67(48(95)41(58)88)113-56-31(17-78)103-65(111-54)46(93)39(56)86/h1-11,29-52,54-61,64-71,76-99H,12-22H2,(H,74,100). The van der Waals surface area contributed by atoms with Crippen LogP contribution in [-0.2, 0) is 95.4 Å². The van der Waals surface area contributed by atoms with Gasteiger partial charge in [0.05, 0.1) is 75.8 Å². The highest BCUT2D eigenvalue weighted by Gasteiger charge is 2.61. The molecule has 33 heterocycles. The van der Waals surface area contributed by atoms with Crippen LogP contribution in [0.1, 0.15) is 27.3 Å². The van der Waals surface area contributed by atoms with E-state index in [0.717, 1.165) is 6.07 Å². The summed E-state index contributed by atoms with van der Waals surface area (Å²) in [6.45, 7) is -8.98. The van der Waals surface area contributed by atoms with E-state index >= 15 is 0 Å². The van der Waals surface area contributed by atoms with E-state index in [1.165, 1.54) is 12.1 Å². The Morgan fingerprint density at radius 1 is 0.339 bits per heavy atom. The van der Waals surface area contributed by atoms with Crippen LogP contribution in [-0.4, -0.2) is 442 Å². The van der Waals surface area contributed by atoms with Crippen molar-refractivity contribution in [3.8, 4) is 5.75 Å². The lowest BCUT2D eigenvalue weighted by atomic mass is 9.93. The summed E-state index contributed by atoms with van der Waals surface area (Å²) in [7, 11) is 0. The molecular weight excluding hydrogens is 1600 g/mol. The topological polar surface area (TPSA) is 722 Å². The third kappa shape index (κ3) is 18.5. The Balaban J connectivity index is 0.804. The lowest BCUT2D eigenvalue weighted by molar-refractivity contribution is -0.402. The highest BCUT2D eigenvalue weighted by Crippen LogP contribution is 2.41. The summed E-state index contributed by atoms with van der Waals surface area (Å²) < 4.78 is 99.5. The Morgan fingerprint density at radius 3 is 0.881 bits per heavy atom. The van der Waals surface area contributed by atoms with Gasteiger partial charge in [-0.05, 0) is 42.5 Å². The largest absolute Gasteiger partial charge is 0.507 e. The van der Waals surface area contributed by atoms with Gasteiger partial charge in [0.1, 0.15) is 206 Å². The molecule has 16 bridgehead atoms. The number of nitrogens with one attached hydrogen (secondary N) is 1. The average molecular weight is 1700 g/mol. The van der Waals surface area contributed by atoms with Crippen molar-refractivity contribution in [2.75, 3.05) is 52.9 Å². The van der Waals surface area contributed by atoms with Gasteiger partial charge in [-0.15, -0.1) is 0 Å². The molecule has 660 valence electrons. The van der Waals surface area contributed by atoms with Gasteiger partial charge in [-0.25, -0.2) is 4.79 Å². The predicted molar refractivity (Wildman–Crippen MR) is 372 cm³/mol. The molecule has 30 aliphatic rings. The number of carbonyl (C=O) groups is 1. The number of phenolic OH excluding ortho intramolecular Hbond substituents is 1. The third-order valence-electron chi connectivity index (χ3n) is 22.1. The fourth-order valence-corrected chi connectivity index (χ4v) is 15.7. The highest BCUT2D eigenvalue weighted by atomic mass is 16.8. The second-order valence-corrected chi connectivity index (χ2v) is 29.7. The summed E-state index contributed by atoms with van der Waals surface area (Å²) in [6, 6.07) is 12.0. The average Bonchev–Trinajstić information content (AvgIpc) is 0.770. The number of aromatic nitrogens is 2. The summed E-state index contributed by atoms with van der Waals surface area (Å²) >= 11 is 0. The first kappa shape index (κ1) is 90.1. The number of hydrogen-bond donors (Lipinski definition) is 25. The molecule has 34 rings (SSSR count). The van der Waals surface area contributed by atoms with Gasteiger partial charge in [0.2, 0.25) is 0 Å². The molecule has 30 fully saturated rings. The maximum absolute atomic E-state index is 15.0. The normalized spacial score (nSPS) is 44.2. The second-order valence-electron chi connectivity index (χ2n) is 29.7. The summed E-state index contributed by atoms with van der Waals surface area (Å²) in [4.78, 5) is 40.0. The molecule has 3 aromatic heterocycles. The molecule has 0 saturated carbocycles. The van der Waals surface area contributed by atoms with Gasteiger partial charge in [-0.3, -0.25) is 19.7 Å². The van der Waals surface area contributed by atoms with Crippen molar-refractivity contribution in [2.24, 2.45) is 0 Å². The first-order valence-electron chi connectivity index (χ1n) is 37.7. The van der Waals surface area contributed by atoms with Crippen LogP contribution in [0.4, 0.5) is 0 Å². The zero-order valence-corrected chi connectivity index (χ0v) is 62.1. The molecule has 4 aromatic rings. The lowest BCUT2D eigenvalue weighted by Gasteiger charge is -2.51. The Bertz CT molecular complexity index is 3880. The molecule has 0 spiro atoms. The van der Waals surface area contributed by atoms with Crippen LogP contribution in [0, 0.1) is 0 Å². The van der Waals surface area contributed by atoms with Crippen LogP contribution in [0.5, 0.6) is 5.75 Å². The van der Waals surface area contributed by atoms with Crippen molar-refractivity contribution in [1.82, 2.24) is 20.2 Å². The van der Waals surface area contributed by atoms with E-state index in [2.05, 4.69) is 15.3 Å². The molecule has 40 atom stereocenters.